The molecular formula is C4H4ClN. The number of nitriles is 1. The van der Waals surface area contributed by atoms with Crippen LogP contribution in [0.5, 0.6) is 0 Å². The van der Waals surface area contributed by atoms with Gasteiger partial charge < -0.3 is 0 Å². The fourth-order valence-electron chi connectivity index (χ4n) is 0.0299. The molecule has 1 nitrogen and oxygen atoms in total. The quantitative estimate of drug-likeness (QED) is 0.361. The van der Waals surface area contributed by atoms with Crippen molar-refractivity contribution < 1.29 is 0 Å². The van der Waals surface area contributed by atoms with E-state index in [0.29, 0.717) is 5.57 Å². The fourth-order valence-corrected chi connectivity index (χ4v) is 0.0896. The Balaban J connectivity index is 3.33. The monoisotopic (exact) mass is 101 g/mol. The number of rotatable bonds is 1. The summed E-state index contributed by atoms with van der Waals surface area (Å²) in [5, 5.41) is 7.90. The molecule has 0 rings (SSSR count). The molecule has 32 valence electrons. The van der Waals surface area contributed by atoms with Gasteiger partial charge in [0.1, 0.15) is 0 Å². The Morgan fingerprint density at radius 3 is 2.50 bits per heavy atom. The van der Waals surface area contributed by atoms with Crippen molar-refractivity contribution in [3.05, 3.63) is 12.2 Å². The molecule has 0 aromatic rings. The number of hydrogen-bond donors (Lipinski definition) is 0. The van der Waals surface area contributed by atoms with E-state index in [-0.39, 0.29) is 5.88 Å². The van der Waals surface area contributed by atoms with Crippen LogP contribution in [0.25, 0.3) is 0 Å². The summed E-state index contributed by atoms with van der Waals surface area (Å²) in [7, 11) is 0. The third kappa shape index (κ3) is 1.80. The molecule has 0 spiro atoms. The van der Waals surface area contributed by atoms with Gasteiger partial charge in [-0.15, -0.1) is 11.6 Å². The first kappa shape index (κ1) is 5.52. The zero-order valence-electron chi connectivity index (χ0n) is 3.24. The summed E-state index contributed by atoms with van der Waals surface area (Å²) in [4.78, 5) is 0. The summed E-state index contributed by atoms with van der Waals surface area (Å²) >= 11 is 5.13. The molecule has 0 saturated carbocycles. The van der Waals surface area contributed by atoms with Gasteiger partial charge in [-0.25, -0.2) is 0 Å². The van der Waals surface area contributed by atoms with Crippen molar-refractivity contribution in [1.29, 1.82) is 5.26 Å². The minimum absolute atomic E-state index is 0.247. The predicted molar refractivity (Wildman–Crippen MR) is 25.5 cm³/mol. The molecular weight excluding hydrogens is 97.5 g/mol. The molecule has 0 amide bonds. The van der Waals surface area contributed by atoms with Gasteiger partial charge in [0.2, 0.25) is 0 Å². The maximum absolute atomic E-state index is 7.90. The van der Waals surface area contributed by atoms with Crippen molar-refractivity contribution in [3.8, 4) is 6.07 Å². The number of hydrogen-bond acceptors (Lipinski definition) is 1. The van der Waals surface area contributed by atoms with Crippen LogP contribution in [0.15, 0.2) is 12.2 Å². The minimum Gasteiger partial charge on any atom is -0.193 e. The van der Waals surface area contributed by atoms with E-state index in [4.69, 9.17) is 16.9 Å². The van der Waals surface area contributed by atoms with Gasteiger partial charge in [-0.3, -0.25) is 0 Å². The van der Waals surface area contributed by atoms with Gasteiger partial charge in [0, 0.05) is 5.57 Å². The molecule has 0 N–H and O–H groups in total. The molecule has 0 aromatic carbocycles. The van der Waals surface area contributed by atoms with Crippen LogP contribution in [0, 0.1) is 11.3 Å². The summed E-state index contributed by atoms with van der Waals surface area (Å²) in [6.45, 7) is 3.30. The average Bonchev–Trinajstić information content (AvgIpc) is 1.65. The van der Waals surface area contributed by atoms with Crippen LogP contribution in [-0.2, 0) is 0 Å². The van der Waals surface area contributed by atoms with Crippen molar-refractivity contribution in [2.24, 2.45) is 0 Å². The summed E-state index contributed by atoms with van der Waals surface area (Å²) in [6.07, 6.45) is 0. The average molecular weight is 102 g/mol. The Bertz CT molecular complexity index is 90.2. The first-order chi connectivity index (χ1) is 2.81. The molecule has 6 heavy (non-hydrogen) atoms. The van der Waals surface area contributed by atoms with E-state index in [9.17, 15) is 0 Å². The fraction of sp³-hybridized carbons (Fsp3) is 0.250. The first-order valence-corrected chi connectivity index (χ1v) is 1.98. The highest BCUT2D eigenvalue weighted by atomic mass is 35.5. The molecule has 0 heterocycles. The molecule has 0 unspecified atom stereocenters. The van der Waals surface area contributed by atoms with Crippen molar-refractivity contribution in [2.45, 2.75) is 0 Å². The van der Waals surface area contributed by atoms with Gasteiger partial charge >= 0.3 is 0 Å². The Kier molecular flexibility index (Phi) is 2.52. The van der Waals surface area contributed by atoms with E-state index >= 15 is 0 Å². The van der Waals surface area contributed by atoms with Crippen LogP contribution < -0.4 is 0 Å². The van der Waals surface area contributed by atoms with Crippen molar-refractivity contribution in [1.82, 2.24) is 0 Å². The molecule has 2 heteroatoms. The molecule has 0 radical (unpaired) electrons. The third-order valence-electron chi connectivity index (χ3n) is 0.319. The number of alkyl halides is 1. The molecule has 0 saturated heterocycles. The van der Waals surface area contributed by atoms with Gasteiger partial charge in [0.25, 0.3) is 0 Å². The lowest BCUT2D eigenvalue weighted by Gasteiger charge is -1.74. The summed E-state index contributed by atoms with van der Waals surface area (Å²) in [5.74, 6) is 0.247. The largest absolute Gasteiger partial charge is 0.193 e. The highest BCUT2D eigenvalue weighted by Gasteiger charge is 1.79. The molecule has 0 aliphatic carbocycles. The van der Waals surface area contributed by atoms with Gasteiger partial charge in [-0.2, -0.15) is 5.26 Å². The Labute approximate surface area is 41.8 Å². The zero-order chi connectivity index (χ0) is 4.99. The highest BCUT2D eigenvalue weighted by molar-refractivity contribution is 6.19. The van der Waals surface area contributed by atoms with Gasteiger partial charge in [-0.05, 0) is 0 Å². The van der Waals surface area contributed by atoms with E-state index in [1.54, 1.807) is 6.07 Å². The molecule has 0 bridgehead atoms. The number of allylic oxidation sites excluding steroid dienone is 1. The van der Waals surface area contributed by atoms with Crippen LogP contribution in [0.3, 0.4) is 0 Å². The van der Waals surface area contributed by atoms with E-state index in [2.05, 4.69) is 6.58 Å². The lowest BCUT2D eigenvalue weighted by Crippen LogP contribution is -1.70. The molecule has 0 atom stereocenters. The Morgan fingerprint density at radius 2 is 2.50 bits per heavy atom. The van der Waals surface area contributed by atoms with E-state index in [1.165, 1.54) is 0 Å². The minimum atomic E-state index is 0.247. The lowest BCUT2D eigenvalue weighted by atomic mass is 10.4. The molecule has 0 aliphatic heterocycles. The van der Waals surface area contributed by atoms with Crippen LogP contribution in [-0.4, -0.2) is 5.88 Å². The smallest absolute Gasteiger partial charge is 0.0953 e. The normalized spacial score (nSPS) is 6.67. The van der Waals surface area contributed by atoms with E-state index in [1.807, 2.05) is 0 Å². The Morgan fingerprint density at radius 1 is 2.00 bits per heavy atom. The van der Waals surface area contributed by atoms with Gasteiger partial charge in [0.05, 0.1) is 11.9 Å². The summed E-state index contributed by atoms with van der Waals surface area (Å²) < 4.78 is 0. The molecule has 0 aliphatic rings. The van der Waals surface area contributed by atoms with Gasteiger partial charge in [-0.1, -0.05) is 6.58 Å². The predicted octanol–water partition coefficient (Wildman–Crippen LogP) is 1.30. The standard InChI is InChI=1S/C4H4ClN/c1-4(2-5)3-6/h1-2H2. The highest BCUT2D eigenvalue weighted by Crippen LogP contribution is 1.87. The Hall–Kier alpha value is -0.480. The van der Waals surface area contributed by atoms with Crippen molar-refractivity contribution in [3.63, 3.8) is 0 Å². The molecule has 0 aromatic heterocycles. The van der Waals surface area contributed by atoms with E-state index in [0.717, 1.165) is 0 Å². The third-order valence-corrected chi connectivity index (χ3v) is 0.642. The maximum atomic E-state index is 7.90. The lowest BCUT2D eigenvalue weighted by molar-refractivity contribution is 1.46. The van der Waals surface area contributed by atoms with Gasteiger partial charge in [0.15, 0.2) is 0 Å². The number of nitrogens with zero attached hydrogens (tertiary/aromatic N) is 1. The van der Waals surface area contributed by atoms with Crippen LogP contribution in [0.1, 0.15) is 0 Å². The van der Waals surface area contributed by atoms with Crippen LogP contribution >= 0.6 is 11.6 Å². The van der Waals surface area contributed by atoms with Crippen LogP contribution in [0.2, 0.25) is 0 Å². The van der Waals surface area contributed by atoms with Crippen LogP contribution in [0.4, 0.5) is 0 Å². The maximum Gasteiger partial charge on any atom is 0.0953 e. The topological polar surface area (TPSA) is 23.8 Å². The summed E-state index contributed by atoms with van der Waals surface area (Å²) in [6, 6.07) is 1.79. The van der Waals surface area contributed by atoms with Crippen molar-refractivity contribution >= 4 is 11.6 Å². The second-order valence-corrected chi connectivity index (χ2v) is 1.12. The first-order valence-electron chi connectivity index (χ1n) is 1.45. The SMILES string of the molecule is C=C(C#N)CCl. The van der Waals surface area contributed by atoms with E-state index < -0.39 is 0 Å². The van der Waals surface area contributed by atoms with Crippen molar-refractivity contribution in [2.75, 3.05) is 5.88 Å². The second kappa shape index (κ2) is 2.74. The zero-order valence-corrected chi connectivity index (χ0v) is 4.00. The number of halogens is 1. The summed E-state index contributed by atoms with van der Waals surface area (Å²) in [5.41, 5.74) is 0.414. The molecule has 0 fully saturated rings. The second-order valence-electron chi connectivity index (χ2n) is 0.849.